The second-order valence-corrected chi connectivity index (χ2v) is 6.98. The summed E-state index contributed by atoms with van der Waals surface area (Å²) in [5, 5.41) is 45.1. The van der Waals surface area contributed by atoms with E-state index in [0.717, 1.165) is 17.7 Å². The first-order valence-corrected chi connectivity index (χ1v) is 9.68. The Morgan fingerprint density at radius 3 is 2.50 bits per heavy atom. The Morgan fingerprint density at radius 1 is 1.03 bits per heavy atom. The van der Waals surface area contributed by atoms with Crippen LogP contribution in [-0.2, 0) is 0 Å². The van der Waals surface area contributed by atoms with E-state index in [-0.39, 0.29) is 11.4 Å². The quantitative estimate of drug-likeness (QED) is 0.116. The maximum atomic E-state index is 11.2. The fourth-order valence-corrected chi connectivity index (χ4v) is 2.99. The predicted molar refractivity (Wildman–Crippen MR) is 125 cm³/mol. The molecule has 4 rings (SSSR count). The summed E-state index contributed by atoms with van der Waals surface area (Å²) in [6, 6.07) is 13.6. The molecule has 0 radical (unpaired) electrons. The highest BCUT2D eigenvalue weighted by Crippen LogP contribution is 2.31. The van der Waals surface area contributed by atoms with Crippen LogP contribution in [0.4, 0.5) is 34.1 Å². The average molecular weight is 460 g/mol. The second kappa shape index (κ2) is 9.07. The number of aromatic nitrogens is 3. The number of hydrogen-bond donors (Lipinski definition) is 3. The topological polar surface area (TPSA) is 203 Å². The molecule has 0 aliphatic carbocycles. The van der Waals surface area contributed by atoms with E-state index in [1.165, 1.54) is 6.07 Å². The van der Waals surface area contributed by atoms with Gasteiger partial charge in [-0.05, 0) is 42.8 Å². The number of nitro groups is 2. The number of nitrogen functional groups attached to an aromatic ring is 1. The van der Waals surface area contributed by atoms with Gasteiger partial charge in [0.1, 0.15) is 22.4 Å². The van der Waals surface area contributed by atoms with Gasteiger partial charge >= 0.3 is 5.69 Å². The first kappa shape index (κ1) is 21.9. The number of rotatable bonds is 7. The van der Waals surface area contributed by atoms with Gasteiger partial charge < -0.3 is 5.73 Å². The Bertz CT molecular complexity index is 1460. The van der Waals surface area contributed by atoms with Crippen LogP contribution in [0.1, 0.15) is 12.5 Å². The maximum Gasteiger partial charge on any atom is 0.301 e. The Labute approximate surface area is 190 Å². The van der Waals surface area contributed by atoms with Gasteiger partial charge in [0.25, 0.3) is 5.69 Å². The number of nitro benzene ring substituents is 2. The molecule has 0 atom stereocenters. The fraction of sp³-hybridized carbons (Fsp3) is 0.0500. The molecule has 0 fully saturated rings. The number of benzene rings is 3. The number of nitrogens with one attached hydrogen (secondary N) is 2. The summed E-state index contributed by atoms with van der Waals surface area (Å²) in [4.78, 5) is 20.7. The van der Waals surface area contributed by atoms with Crippen LogP contribution in [-0.4, -0.2) is 31.0 Å². The lowest BCUT2D eigenvalue weighted by Crippen LogP contribution is -2.02. The van der Waals surface area contributed by atoms with Crippen LogP contribution >= 0.6 is 0 Å². The molecular weight excluding hydrogens is 444 g/mol. The van der Waals surface area contributed by atoms with E-state index in [1.807, 2.05) is 0 Å². The van der Waals surface area contributed by atoms with Gasteiger partial charge in [-0.15, -0.1) is 10.2 Å². The van der Waals surface area contributed by atoms with Crippen LogP contribution in [0.3, 0.4) is 0 Å². The lowest BCUT2D eigenvalue weighted by atomic mass is 10.1. The normalized spacial score (nSPS) is 11.7. The van der Waals surface area contributed by atoms with Crippen LogP contribution in [0.25, 0.3) is 11.0 Å². The molecule has 0 spiro atoms. The van der Waals surface area contributed by atoms with E-state index >= 15 is 0 Å². The van der Waals surface area contributed by atoms with Crippen molar-refractivity contribution in [2.45, 2.75) is 6.92 Å². The van der Waals surface area contributed by atoms with Gasteiger partial charge in [-0.2, -0.15) is 10.2 Å². The number of aromatic amines is 1. The second-order valence-electron chi connectivity index (χ2n) is 6.98. The van der Waals surface area contributed by atoms with E-state index in [4.69, 9.17) is 5.73 Å². The van der Waals surface area contributed by atoms with Gasteiger partial charge in [-0.25, -0.2) is 0 Å². The third-order valence-electron chi connectivity index (χ3n) is 4.79. The molecule has 14 heteroatoms. The molecule has 0 saturated heterocycles. The van der Waals surface area contributed by atoms with Crippen molar-refractivity contribution in [2.24, 2.45) is 15.3 Å². The Balaban J connectivity index is 1.51. The molecule has 14 nitrogen and oxygen atoms in total. The highest BCUT2D eigenvalue weighted by Gasteiger charge is 2.19. The number of azo groups is 1. The van der Waals surface area contributed by atoms with Crippen LogP contribution in [0.2, 0.25) is 0 Å². The summed E-state index contributed by atoms with van der Waals surface area (Å²) in [5.74, 6) is 0. The van der Waals surface area contributed by atoms with Crippen molar-refractivity contribution in [1.29, 1.82) is 0 Å². The minimum atomic E-state index is -0.716. The lowest BCUT2D eigenvalue weighted by molar-refractivity contribution is -0.393. The molecule has 4 N–H and O–H groups in total. The fourth-order valence-electron chi connectivity index (χ4n) is 2.99. The molecule has 4 aromatic rings. The number of fused-ring (bicyclic) bond motifs is 1. The summed E-state index contributed by atoms with van der Waals surface area (Å²) < 4.78 is 0. The predicted octanol–water partition coefficient (Wildman–Crippen LogP) is 4.61. The smallest absolute Gasteiger partial charge is 0.301 e. The highest BCUT2D eigenvalue weighted by molar-refractivity contribution is 5.99. The van der Waals surface area contributed by atoms with Crippen LogP contribution in [0, 0.1) is 20.2 Å². The van der Waals surface area contributed by atoms with E-state index in [9.17, 15) is 20.2 Å². The zero-order valence-corrected chi connectivity index (χ0v) is 17.5. The summed E-state index contributed by atoms with van der Waals surface area (Å²) in [7, 11) is 0. The van der Waals surface area contributed by atoms with Crippen molar-refractivity contribution >= 4 is 50.9 Å². The molecule has 0 amide bonds. The SMILES string of the molecule is C/C(=N\Nc1ccc([N+](=O)[O-])cc1[N+](=O)[O-])c1ccc(/N=N/c2c(N)ccc3nn[nH]c23)cc1. The third kappa shape index (κ3) is 4.50. The number of H-pyrrole nitrogens is 1. The molecular formula is C20H16N10O4. The third-order valence-corrected chi connectivity index (χ3v) is 4.79. The highest BCUT2D eigenvalue weighted by atomic mass is 16.6. The summed E-state index contributed by atoms with van der Waals surface area (Å²) >= 11 is 0. The number of nitrogens with zero attached hydrogens (tertiary/aromatic N) is 7. The van der Waals surface area contributed by atoms with Gasteiger partial charge in [-0.1, -0.05) is 17.3 Å². The van der Waals surface area contributed by atoms with Crippen molar-refractivity contribution in [1.82, 2.24) is 15.4 Å². The van der Waals surface area contributed by atoms with Crippen LogP contribution in [0.15, 0.2) is 69.9 Å². The number of anilines is 2. The van der Waals surface area contributed by atoms with Gasteiger partial charge in [0, 0.05) is 6.07 Å². The van der Waals surface area contributed by atoms with Crippen LogP contribution < -0.4 is 11.2 Å². The lowest BCUT2D eigenvalue weighted by Gasteiger charge is -2.05. The molecule has 1 heterocycles. The average Bonchev–Trinajstić information content (AvgIpc) is 3.31. The summed E-state index contributed by atoms with van der Waals surface area (Å²) in [6.45, 7) is 1.70. The number of non-ortho nitro benzene ring substituents is 1. The molecule has 0 aliphatic rings. The van der Waals surface area contributed by atoms with Crippen LogP contribution in [0.5, 0.6) is 0 Å². The monoisotopic (exact) mass is 460 g/mol. The van der Waals surface area contributed by atoms with E-state index in [0.29, 0.717) is 33.8 Å². The maximum absolute atomic E-state index is 11.2. The Kier molecular flexibility index (Phi) is 5.86. The largest absolute Gasteiger partial charge is 0.397 e. The summed E-state index contributed by atoms with van der Waals surface area (Å²) in [6.07, 6.45) is 0. The molecule has 0 saturated carbocycles. The first-order chi connectivity index (χ1) is 16.3. The van der Waals surface area contributed by atoms with E-state index < -0.39 is 15.5 Å². The first-order valence-electron chi connectivity index (χ1n) is 9.68. The zero-order valence-electron chi connectivity index (χ0n) is 17.5. The van der Waals surface area contributed by atoms with Gasteiger partial charge in [-0.3, -0.25) is 30.8 Å². The minimum absolute atomic E-state index is 0.0282. The van der Waals surface area contributed by atoms with Crippen molar-refractivity contribution in [3.8, 4) is 0 Å². The molecule has 0 unspecified atom stereocenters. The van der Waals surface area contributed by atoms with E-state index in [2.05, 4.69) is 36.2 Å². The van der Waals surface area contributed by atoms with Crippen molar-refractivity contribution in [2.75, 3.05) is 11.2 Å². The Hall–Kier alpha value is -5.27. The number of hydrogen-bond acceptors (Lipinski definition) is 11. The van der Waals surface area contributed by atoms with Gasteiger partial charge in [0.15, 0.2) is 0 Å². The van der Waals surface area contributed by atoms with Gasteiger partial charge in [0.2, 0.25) is 0 Å². The molecule has 34 heavy (non-hydrogen) atoms. The van der Waals surface area contributed by atoms with Crippen molar-refractivity contribution in [3.05, 3.63) is 80.4 Å². The zero-order chi connectivity index (χ0) is 24.2. The molecule has 0 bridgehead atoms. The molecule has 0 aliphatic heterocycles. The standard InChI is InChI=1S/C20H16N10O4/c1-11(22-24-16-8-6-14(29(31)32)10-18(16)30(33)34)12-2-4-13(5-3-12)23-26-19-15(21)7-9-17-20(19)27-28-25-17/h2-10,24H,21H2,1H3,(H,25,27,28)/b22-11+,26-23+. The molecule has 170 valence electrons. The molecule has 3 aromatic carbocycles. The molecule has 1 aromatic heterocycles. The number of nitrogens with two attached hydrogens (primary N) is 1. The van der Waals surface area contributed by atoms with Crippen molar-refractivity contribution < 1.29 is 9.85 Å². The summed E-state index contributed by atoms with van der Waals surface area (Å²) in [5.41, 5.74) is 11.6. The van der Waals surface area contributed by atoms with Gasteiger partial charge in [0.05, 0.1) is 33.0 Å². The van der Waals surface area contributed by atoms with E-state index in [1.54, 1.807) is 43.3 Å². The Morgan fingerprint density at radius 2 is 1.79 bits per heavy atom. The minimum Gasteiger partial charge on any atom is -0.397 e. The van der Waals surface area contributed by atoms with Crippen molar-refractivity contribution in [3.63, 3.8) is 0 Å². The number of hydrazone groups is 1.